The van der Waals surface area contributed by atoms with E-state index in [1.54, 1.807) is 0 Å². The predicted octanol–water partition coefficient (Wildman–Crippen LogP) is 2.92. The second-order valence-corrected chi connectivity index (χ2v) is 6.65. The van der Waals surface area contributed by atoms with Gasteiger partial charge in [-0.3, -0.25) is 4.79 Å². The monoisotopic (exact) mass is 350 g/mol. The third kappa shape index (κ3) is 3.47. The lowest BCUT2D eigenvalue weighted by atomic mass is 9.92. The van der Waals surface area contributed by atoms with Gasteiger partial charge < -0.3 is 20.8 Å². The van der Waals surface area contributed by atoms with Crippen LogP contribution < -0.4 is 11.1 Å². The van der Waals surface area contributed by atoms with Gasteiger partial charge in [0, 0.05) is 24.5 Å². The molecule has 1 fully saturated rings. The molecule has 2 heterocycles. The predicted molar refractivity (Wildman–Crippen MR) is 102 cm³/mol. The van der Waals surface area contributed by atoms with Crippen molar-refractivity contribution >= 4 is 22.6 Å². The fourth-order valence-corrected chi connectivity index (χ4v) is 3.35. The molecule has 6 heteroatoms. The van der Waals surface area contributed by atoms with Gasteiger partial charge >= 0.3 is 0 Å². The number of aromatic nitrogens is 2. The molecular formula is C20H22N4O2. The van der Waals surface area contributed by atoms with Gasteiger partial charge in [-0.15, -0.1) is 0 Å². The molecule has 1 saturated heterocycles. The van der Waals surface area contributed by atoms with Crippen LogP contribution in [0, 0.1) is 5.92 Å². The van der Waals surface area contributed by atoms with E-state index >= 15 is 0 Å². The second kappa shape index (κ2) is 7.27. The maximum atomic E-state index is 12.5. The number of fused-ring (bicyclic) bond motifs is 1. The van der Waals surface area contributed by atoms with E-state index in [0.717, 1.165) is 41.0 Å². The number of carbonyl (C=O) groups excluding carboxylic acids is 1. The smallest absolute Gasteiger partial charge is 0.241 e. The molecular weight excluding hydrogens is 328 g/mol. The summed E-state index contributed by atoms with van der Waals surface area (Å²) in [5, 5.41) is 2.94. The zero-order valence-electron chi connectivity index (χ0n) is 14.4. The SMILES string of the molecule is NC(C(=O)Nc1cccc(-c2nc3ccccc3[nH]2)c1)C1CCOCC1. The van der Waals surface area contributed by atoms with Crippen LogP contribution in [0.2, 0.25) is 0 Å². The van der Waals surface area contributed by atoms with Crippen LogP contribution in [-0.2, 0) is 9.53 Å². The summed E-state index contributed by atoms with van der Waals surface area (Å²) in [5.41, 5.74) is 9.69. The molecule has 0 radical (unpaired) electrons. The molecule has 4 N–H and O–H groups in total. The molecule has 1 unspecified atom stereocenters. The van der Waals surface area contributed by atoms with E-state index in [1.165, 1.54) is 0 Å². The van der Waals surface area contributed by atoms with Gasteiger partial charge in [-0.1, -0.05) is 24.3 Å². The zero-order valence-corrected chi connectivity index (χ0v) is 14.4. The lowest BCUT2D eigenvalue weighted by Crippen LogP contribution is -2.44. The number of amides is 1. The number of nitrogens with zero attached hydrogens (tertiary/aromatic N) is 1. The molecule has 2 aromatic carbocycles. The highest BCUT2D eigenvalue weighted by Crippen LogP contribution is 2.24. The Kier molecular flexibility index (Phi) is 4.69. The highest BCUT2D eigenvalue weighted by molar-refractivity contribution is 5.95. The van der Waals surface area contributed by atoms with E-state index in [2.05, 4.69) is 15.3 Å². The van der Waals surface area contributed by atoms with Gasteiger partial charge in [0.2, 0.25) is 5.91 Å². The fourth-order valence-electron chi connectivity index (χ4n) is 3.35. The molecule has 0 bridgehead atoms. The van der Waals surface area contributed by atoms with Crippen LogP contribution in [0.3, 0.4) is 0 Å². The summed E-state index contributed by atoms with van der Waals surface area (Å²) in [6.07, 6.45) is 1.65. The van der Waals surface area contributed by atoms with Crippen molar-refractivity contribution in [1.29, 1.82) is 0 Å². The minimum atomic E-state index is -0.520. The Bertz CT molecular complexity index is 882. The first-order chi connectivity index (χ1) is 12.7. The zero-order chi connectivity index (χ0) is 17.9. The number of carbonyl (C=O) groups is 1. The number of ether oxygens (including phenoxy) is 1. The molecule has 0 aliphatic carbocycles. The Balaban J connectivity index is 1.51. The number of hydrogen-bond donors (Lipinski definition) is 3. The Morgan fingerprint density at radius 3 is 2.81 bits per heavy atom. The summed E-state index contributed by atoms with van der Waals surface area (Å²) in [7, 11) is 0. The van der Waals surface area contributed by atoms with Crippen LogP contribution >= 0.6 is 0 Å². The van der Waals surface area contributed by atoms with Crippen LogP contribution in [-0.4, -0.2) is 35.1 Å². The molecule has 1 amide bonds. The number of hydrogen-bond acceptors (Lipinski definition) is 4. The van der Waals surface area contributed by atoms with Crippen LogP contribution in [0.25, 0.3) is 22.4 Å². The van der Waals surface area contributed by atoms with Crippen LogP contribution in [0.1, 0.15) is 12.8 Å². The molecule has 1 aromatic heterocycles. The molecule has 4 rings (SSSR count). The molecule has 1 atom stereocenters. The first kappa shape index (κ1) is 16.8. The highest BCUT2D eigenvalue weighted by Gasteiger charge is 2.26. The van der Waals surface area contributed by atoms with Crippen molar-refractivity contribution in [3.05, 3.63) is 48.5 Å². The Labute approximate surface area is 151 Å². The Morgan fingerprint density at radius 2 is 2.00 bits per heavy atom. The number of nitrogens with two attached hydrogens (primary N) is 1. The van der Waals surface area contributed by atoms with Crippen molar-refractivity contribution in [1.82, 2.24) is 9.97 Å². The first-order valence-electron chi connectivity index (χ1n) is 8.90. The average molecular weight is 350 g/mol. The van der Waals surface area contributed by atoms with Crippen molar-refractivity contribution in [2.75, 3.05) is 18.5 Å². The second-order valence-electron chi connectivity index (χ2n) is 6.65. The first-order valence-corrected chi connectivity index (χ1v) is 8.90. The van der Waals surface area contributed by atoms with Crippen molar-refractivity contribution < 1.29 is 9.53 Å². The molecule has 1 aliphatic rings. The molecule has 0 spiro atoms. The summed E-state index contributed by atoms with van der Waals surface area (Å²) < 4.78 is 5.34. The summed E-state index contributed by atoms with van der Waals surface area (Å²) in [6, 6.07) is 15.0. The van der Waals surface area contributed by atoms with Gasteiger partial charge in [0.15, 0.2) is 0 Å². The largest absolute Gasteiger partial charge is 0.381 e. The van der Waals surface area contributed by atoms with Gasteiger partial charge in [-0.2, -0.15) is 0 Å². The number of H-pyrrole nitrogens is 1. The van der Waals surface area contributed by atoms with Gasteiger partial charge in [0.25, 0.3) is 0 Å². The number of nitrogens with one attached hydrogen (secondary N) is 2. The number of para-hydroxylation sites is 2. The minimum absolute atomic E-state index is 0.154. The third-order valence-electron chi connectivity index (χ3n) is 4.87. The molecule has 0 saturated carbocycles. The normalized spacial score (nSPS) is 16.5. The lowest BCUT2D eigenvalue weighted by molar-refractivity contribution is -0.119. The van der Waals surface area contributed by atoms with Crippen LogP contribution in [0.4, 0.5) is 5.69 Å². The molecule has 1 aliphatic heterocycles. The van der Waals surface area contributed by atoms with Crippen molar-refractivity contribution in [3.8, 4) is 11.4 Å². The summed E-state index contributed by atoms with van der Waals surface area (Å²) in [5.74, 6) is 0.789. The Morgan fingerprint density at radius 1 is 1.19 bits per heavy atom. The molecule has 6 nitrogen and oxygen atoms in total. The van der Waals surface area contributed by atoms with Crippen LogP contribution in [0.5, 0.6) is 0 Å². The third-order valence-corrected chi connectivity index (χ3v) is 4.87. The van der Waals surface area contributed by atoms with E-state index < -0.39 is 6.04 Å². The number of imidazole rings is 1. The van der Waals surface area contributed by atoms with Crippen molar-refractivity contribution in [2.24, 2.45) is 11.7 Å². The quantitative estimate of drug-likeness (QED) is 0.674. The summed E-state index contributed by atoms with van der Waals surface area (Å²) in [4.78, 5) is 20.4. The number of aromatic amines is 1. The summed E-state index contributed by atoms with van der Waals surface area (Å²) >= 11 is 0. The summed E-state index contributed by atoms with van der Waals surface area (Å²) in [6.45, 7) is 1.35. The average Bonchev–Trinajstić information content (AvgIpc) is 3.12. The van der Waals surface area contributed by atoms with E-state index in [4.69, 9.17) is 10.5 Å². The fraction of sp³-hybridized carbons (Fsp3) is 0.300. The highest BCUT2D eigenvalue weighted by atomic mass is 16.5. The minimum Gasteiger partial charge on any atom is -0.381 e. The van der Waals surface area contributed by atoms with Crippen molar-refractivity contribution in [3.63, 3.8) is 0 Å². The van der Waals surface area contributed by atoms with Gasteiger partial charge in [-0.05, 0) is 43.0 Å². The van der Waals surface area contributed by atoms with E-state index in [1.807, 2.05) is 48.5 Å². The molecule has 26 heavy (non-hydrogen) atoms. The Hall–Kier alpha value is -2.70. The number of rotatable bonds is 4. The molecule has 134 valence electrons. The van der Waals surface area contributed by atoms with Gasteiger partial charge in [-0.25, -0.2) is 4.98 Å². The topological polar surface area (TPSA) is 93.0 Å². The van der Waals surface area contributed by atoms with Crippen molar-refractivity contribution in [2.45, 2.75) is 18.9 Å². The van der Waals surface area contributed by atoms with Gasteiger partial charge in [0.05, 0.1) is 17.1 Å². The number of benzene rings is 2. The maximum absolute atomic E-state index is 12.5. The van der Waals surface area contributed by atoms with Gasteiger partial charge in [0.1, 0.15) is 5.82 Å². The molecule has 3 aromatic rings. The van der Waals surface area contributed by atoms with E-state index in [0.29, 0.717) is 13.2 Å². The van der Waals surface area contributed by atoms with E-state index in [-0.39, 0.29) is 11.8 Å². The standard InChI is InChI=1S/C20H22N4O2/c21-18(13-8-10-26-11-9-13)20(25)22-15-5-3-4-14(12-15)19-23-16-6-1-2-7-17(16)24-19/h1-7,12-13,18H,8-11,21H2,(H,22,25)(H,23,24). The number of anilines is 1. The lowest BCUT2D eigenvalue weighted by Gasteiger charge is -2.26. The van der Waals surface area contributed by atoms with Crippen LogP contribution in [0.15, 0.2) is 48.5 Å². The van der Waals surface area contributed by atoms with E-state index in [9.17, 15) is 4.79 Å². The maximum Gasteiger partial charge on any atom is 0.241 e.